The number of halogens is 8. The van der Waals surface area contributed by atoms with Crippen molar-refractivity contribution in [2.24, 2.45) is 0 Å². The van der Waals surface area contributed by atoms with E-state index in [-0.39, 0.29) is 74.0 Å². The van der Waals surface area contributed by atoms with E-state index in [1.807, 2.05) is 0 Å². The predicted molar refractivity (Wildman–Crippen MR) is 159 cm³/mol. The van der Waals surface area contributed by atoms with E-state index in [2.05, 4.69) is 10.6 Å². The van der Waals surface area contributed by atoms with Gasteiger partial charge in [0.2, 0.25) is 0 Å². The van der Waals surface area contributed by atoms with Crippen LogP contribution in [-0.4, -0.2) is 11.6 Å². The SMILES string of the molecule is O=C1c2cccc(Nc3cc(Cl)c(Cl)c(Cl)c3Cl)c2C(=O)c2cccc(Nc3cc(Cl)c(Cl)c(Cl)c3Cl)c21. The molecule has 0 amide bonds. The highest BCUT2D eigenvalue weighted by molar-refractivity contribution is 6.53. The first-order chi connectivity index (χ1) is 18.0. The molecule has 4 nitrogen and oxygen atoms in total. The topological polar surface area (TPSA) is 58.2 Å². The molecule has 192 valence electrons. The number of rotatable bonds is 4. The summed E-state index contributed by atoms with van der Waals surface area (Å²) in [6.45, 7) is 0. The van der Waals surface area contributed by atoms with Gasteiger partial charge in [-0.25, -0.2) is 0 Å². The maximum absolute atomic E-state index is 13.8. The maximum Gasteiger partial charge on any atom is 0.196 e. The Kier molecular flexibility index (Phi) is 7.73. The van der Waals surface area contributed by atoms with Crippen LogP contribution < -0.4 is 10.6 Å². The van der Waals surface area contributed by atoms with Crippen molar-refractivity contribution in [3.05, 3.63) is 111 Å². The molecular weight excluding hydrogens is 656 g/mol. The van der Waals surface area contributed by atoms with Crippen molar-refractivity contribution in [1.82, 2.24) is 0 Å². The van der Waals surface area contributed by atoms with Crippen LogP contribution in [0.5, 0.6) is 0 Å². The third-order valence-corrected chi connectivity index (χ3v) is 9.32. The summed E-state index contributed by atoms with van der Waals surface area (Å²) in [7, 11) is 0. The molecule has 0 atom stereocenters. The summed E-state index contributed by atoms with van der Waals surface area (Å²) >= 11 is 49.6. The summed E-state index contributed by atoms with van der Waals surface area (Å²) in [4.78, 5) is 27.5. The van der Waals surface area contributed by atoms with E-state index < -0.39 is 0 Å². The lowest BCUT2D eigenvalue weighted by Gasteiger charge is -2.24. The minimum Gasteiger partial charge on any atom is -0.354 e. The standard InChI is InChI=1S/C26H10Cl8N2O2/c27-11-7-15(21(31)23(33)19(11)29)35-13-5-1-3-9-17(13)26(38)10-4-2-6-14(18(10)25(9)37)36-16-8-12(28)20(30)24(34)22(16)32/h1-8,35-36H. The highest BCUT2D eigenvalue weighted by Gasteiger charge is 2.34. The molecule has 0 fully saturated rings. The predicted octanol–water partition coefficient (Wildman–Crippen LogP) is 11.2. The smallest absolute Gasteiger partial charge is 0.196 e. The first kappa shape index (κ1) is 27.7. The molecule has 0 unspecified atom stereocenters. The van der Waals surface area contributed by atoms with E-state index >= 15 is 0 Å². The van der Waals surface area contributed by atoms with Gasteiger partial charge in [-0.1, -0.05) is 117 Å². The Balaban J connectivity index is 1.60. The fourth-order valence-corrected chi connectivity index (χ4v) is 5.77. The normalized spacial score (nSPS) is 12.3. The van der Waals surface area contributed by atoms with Crippen LogP contribution in [0.4, 0.5) is 22.7 Å². The molecule has 38 heavy (non-hydrogen) atoms. The molecule has 2 N–H and O–H groups in total. The number of hydrogen-bond acceptors (Lipinski definition) is 4. The van der Waals surface area contributed by atoms with Crippen LogP contribution in [0.25, 0.3) is 0 Å². The van der Waals surface area contributed by atoms with E-state index in [0.29, 0.717) is 22.7 Å². The molecule has 0 bridgehead atoms. The summed E-state index contributed by atoms with van der Waals surface area (Å²) in [5, 5.41) is 6.98. The molecule has 0 aromatic heterocycles. The average Bonchev–Trinajstić information content (AvgIpc) is 2.90. The third kappa shape index (κ3) is 4.61. The van der Waals surface area contributed by atoms with Gasteiger partial charge in [-0.3, -0.25) is 9.59 Å². The molecule has 1 aliphatic rings. The number of hydrogen-bond donors (Lipinski definition) is 2. The molecule has 0 saturated heterocycles. The average molecular weight is 666 g/mol. The molecular formula is C26H10Cl8N2O2. The zero-order valence-corrected chi connectivity index (χ0v) is 24.5. The van der Waals surface area contributed by atoms with Gasteiger partial charge in [-0.05, 0) is 24.3 Å². The molecule has 5 rings (SSSR count). The fourth-order valence-electron chi connectivity index (χ4n) is 4.07. The second-order valence-electron chi connectivity index (χ2n) is 8.06. The fraction of sp³-hybridized carbons (Fsp3) is 0. The van der Waals surface area contributed by atoms with E-state index in [0.717, 1.165) is 0 Å². The van der Waals surface area contributed by atoms with E-state index in [4.69, 9.17) is 92.8 Å². The van der Waals surface area contributed by atoms with Gasteiger partial charge >= 0.3 is 0 Å². The third-order valence-electron chi connectivity index (χ3n) is 5.82. The number of ketones is 2. The van der Waals surface area contributed by atoms with Crippen molar-refractivity contribution in [3.8, 4) is 0 Å². The lowest BCUT2D eigenvalue weighted by Crippen LogP contribution is -2.23. The Labute approximate surface area is 256 Å². The van der Waals surface area contributed by atoms with Crippen LogP contribution in [0.1, 0.15) is 31.8 Å². The van der Waals surface area contributed by atoms with Crippen molar-refractivity contribution in [2.45, 2.75) is 0 Å². The first-order valence-corrected chi connectivity index (χ1v) is 13.6. The van der Waals surface area contributed by atoms with Crippen molar-refractivity contribution >= 4 is 127 Å². The number of fused-ring (bicyclic) bond motifs is 2. The van der Waals surface area contributed by atoms with E-state index in [1.54, 1.807) is 36.4 Å². The van der Waals surface area contributed by atoms with Gasteiger partial charge in [0.1, 0.15) is 0 Å². The van der Waals surface area contributed by atoms with Gasteiger partial charge < -0.3 is 10.6 Å². The van der Waals surface area contributed by atoms with Crippen molar-refractivity contribution < 1.29 is 9.59 Å². The van der Waals surface area contributed by atoms with Gasteiger partial charge in [0.25, 0.3) is 0 Å². The molecule has 0 saturated carbocycles. The van der Waals surface area contributed by atoms with Crippen molar-refractivity contribution in [3.63, 3.8) is 0 Å². The number of nitrogens with one attached hydrogen (secondary N) is 2. The van der Waals surface area contributed by atoms with E-state index in [9.17, 15) is 9.59 Å². The Bertz CT molecular complexity index is 1580. The summed E-state index contributed by atoms with van der Waals surface area (Å²) in [5.74, 6) is -0.774. The van der Waals surface area contributed by atoms with Crippen molar-refractivity contribution in [1.29, 1.82) is 0 Å². The molecule has 12 heteroatoms. The lowest BCUT2D eigenvalue weighted by atomic mass is 9.82. The van der Waals surface area contributed by atoms with Gasteiger partial charge in [0.15, 0.2) is 11.6 Å². The monoisotopic (exact) mass is 662 g/mol. The molecule has 0 heterocycles. The van der Waals surface area contributed by atoms with Crippen LogP contribution in [0.15, 0.2) is 48.5 Å². The summed E-state index contributed by atoms with van der Waals surface area (Å²) in [6, 6.07) is 12.6. The van der Waals surface area contributed by atoms with Gasteiger partial charge in [0, 0.05) is 11.1 Å². The minimum absolute atomic E-state index is 0.0534. The Morgan fingerprint density at radius 2 is 0.816 bits per heavy atom. The first-order valence-electron chi connectivity index (χ1n) is 10.6. The highest BCUT2D eigenvalue weighted by Crippen LogP contribution is 2.45. The maximum atomic E-state index is 13.8. The second kappa shape index (κ2) is 10.6. The number of carbonyl (C=O) groups is 2. The van der Waals surface area contributed by atoms with Crippen LogP contribution >= 0.6 is 92.8 Å². The van der Waals surface area contributed by atoms with Gasteiger partial charge in [-0.2, -0.15) is 0 Å². The van der Waals surface area contributed by atoms with Crippen molar-refractivity contribution in [2.75, 3.05) is 10.6 Å². The Morgan fingerprint density at radius 3 is 1.18 bits per heavy atom. The minimum atomic E-state index is -0.387. The Morgan fingerprint density at radius 1 is 0.447 bits per heavy atom. The summed E-state index contributed by atoms with van der Waals surface area (Å²) < 4.78 is 0. The van der Waals surface area contributed by atoms with Crippen LogP contribution in [0.2, 0.25) is 40.2 Å². The number of anilines is 4. The molecule has 0 spiro atoms. The second-order valence-corrected chi connectivity index (χ2v) is 11.1. The lowest BCUT2D eigenvalue weighted by molar-refractivity contribution is 0.0980. The highest BCUT2D eigenvalue weighted by atomic mass is 35.5. The summed E-state index contributed by atoms with van der Waals surface area (Å²) in [5.41, 5.74) is 1.98. The van der Waals surface area contributed by atoms with Gasteiger partial charge in [-0.15, -0.1) is 0 Å². The zero-order chi connectivity index (χ0) is 27.5. The quantitative estimate of drug-likeness (QED) is 0.148. The van der Waals surface area contributed by atoms with Crippen LogP contribution in [0, 0.1) is 0 Å². The molecule has 1 aliphatic carbocycles. The zero-order valence-electron chi connectivity index (χ0n) is 18.5. The summed E-state index contributed by atoms with van der Waals surface area (Å²) in [6.07, 6.45) is 0. The molecule has 4 aromatic carbocycles. The molecule has 0 aliphatic heterocycles. The number of benzene rings is 4. The largest absolute Gasteiger partial charge is 0.354 e. The van der Waals surface area contributed by atoms with Crippen LogP contribution in [0.3, 0.4) is 0 Å². The Hall–Kier alpha value is -1.86. The molecule has 4 aromatic rings. The van der Waals surface area contributed by atoms with Crippen LogP contribution in [-0.2, 0) is 0 Å². The van der Waals surface area contributed by atoms with E-state index in [1.165, 1.54) is 12.1 Å². The molecule has 0 radical (unpaired) electrons. The number of carbonyl (C=O) groups excluding carboxylic acids is 2. The van der Waals surface area contributed by atoms with Gasteiger partial charge in [0.05, 0.1) is 74.1 Å².